The fraction of sp³-hybridized carbons (Fsp3) is 0.467. The summed E-state index contributed by atoms with van der Waals surface area (Å²) in [4.78, 5) is 0. The number of rotatable bonds is 5. The van der Waals surface area contributed by atoms with E-state index in [0.29, 0.717) is 17.7 Å². The quantitative estimate of drug-likeness (QED) is 0.814. The van der Waals surface area contributed by atoms with Gasteiger partial charge in [-0.2, -0.15) is 0 Å². The van der Waals surface area contributed by atoms with Crippen molar-refractivity contribution in [2.75, 3.05) is 6.61 Å². The molecule has 0 amide bonds. The summed E-state index contributed by atoms with van der Waals surface area (Å²) in [7, 11) is 0. The molecule has 0 saturated carbocycles. The Morgan fingerprint density at radius 1 is 1.44 bits per heavy atom. The fourth-order valence-electron chi connectivity index (χ4n) is 1.59. The maximum absolute atomic E-state index is 13.2. The van der Waals surface area contributed by atoms with Crippen LogP contribution < -0.4 is 4.74 Å². The first kappa shape index (κ1) is 14.5. The molecule has 0 aliphatic heterocycles. The zero-order valence-corrected chi connectivity index (χ0v) is 10.9. The Morgan fingerprint density at radius 3 is 2.89 bits per heavy atom. The highest BCUT2D eigenvalue weighted by Gasteiger charge is 2.08. The Hall–Kier alpha value is -1.53. The monoisotopic (exact) mass is 250 g/mol. The van der Waals surface area contributed by atoms with Crippen LogP contribution in [0.25, 0.3) is 0 Å². The number of aliphatic hydroxyl groups excluding tert-OH is 1. The lowest BCUT2D eigenvalue weighted by Gasteiger charge is -2.15. The summed E-state index contributed by atoms with van der Waals surface area (Å²) in [5.41, 5.74) is 0.660. The van der Waals surface area contributed by atoms with Gasteiger partial charge in [-0.15, -0.1) is 0 Å². The Bertz CT molecular complexity index is 432. The van der Waals surface area contributed by atoms with Crippen LogP contribution in [-0.2, 0) is 0 Å². The lowest BCUT2D eigenvalue weighted by Crippen LogP contribution is -2.12. The van der Waals surface area contributed by atoms with Crippen molar-refractivity contribution in [3.05, 3.63) is 29.6 Å². The molecular formula is C15H19FO2. The summed E-state index contributed by atoms with van der Waals surface area (Å²) in [6.07, 6.45) is 2.37. The van der Waals surface area contributed by atoms with Gasteiger partial charge in [0.2, 0.25) is 0 Å². The number of aliphatic hydroxyl groups is 1. The molecule has 3 heteroatoms. The number of ether oxygens (including phenoxy) is 1. The summed E-state index contributed by atoms with van der Waals surface area (Å²) in [5.74, 6) is 5.84. The molecule has 0 fully saturated rings. The molecule has 18 heavy (non-hydrogen) atoms. The summed E-state index contributed by atoms with van der Waals surface area (Å²) >= 11 is 0. The molecule has 0 aromatic heterocycles. The molecule has 1 unspecified atom stereocenters. The van der Waals surface area contributed by atoms with Crippen LogP contribution in [0.1, 0.15) is 38.7 Å². The third-order valence-electron chi connectivity index (χ3n) is 2.43. The highest BCUT2D eigenvalue weighted by atomic mass is 19.1. The molecule has 98 valence electrons. The van der Waals surface area contributed by atoms with E-state index in [0.717, 1.165) is 12.8 Å². The van der Waals surface area contributed by atoms with Gasteiger partial charge in [-0.05, 0) is 25.5 Å². The smallest absolute Gasteiger partial charge is 0.138 e. The first-order valence-corrected chi connectivity index (χ1v) is 6.23. The largest absolute Gasteiger partial charge is 0.489 e. The van der Waals surface area contributed by atoms with E-state index in [-0.39, 0.29) is 18.5 Å². The molecule has 1 rings (SSSR count). The van der Waals surface area contributed by atoms with E-state index in [2.05, 4.69) is 18.8 Å². The first-order chi connectivity index (χ1) is 8.67. The van der Waals surface area contributed by atoms with Crippen molar-refractivity contribution in [1.29, 1.82) is 0 Å². The van der Waals surface area contributed by atoms with Crippen molar-refractivity contribution >= 4 is 0 Å². The van der Waals surface area contributed by atoms with Crippen LogP contribution in [0.4, 0.5) is 4.39 Å². The van der Waals surface area contributed by atoms with E-state index in [1.807, 2.05) is 6.92 Å². The Kier molecular flexibility index (Phi) is 6.24. The van der Waals surface area contributed by atoms with Gasteiger partial charge in [0.1, 0.15) is 11.6 Å². The van der Waals surface area contributed by atoms with Gasteiger partial charge in [0.25, 0.3) is 0 Å². The molecule has 0 radical (unpaired) electrons. The van der Waals surface area contributed by atoms with Gasteiger partial charge in [-0.25, -0.2) is 4.39 Å². The summed E-state index contributed by atoms with van der Waals surface area (Å²) in [6.45, 7) is 4.06. The maximum atomic E-state index is 13.2. The third-order valence-corrected chi connectivity index (χ3v) is 2.43. The van der Waals surface area contributed by atoms with E-state index in [1.54, 1.807) is 6.07 Å². The van der Waals surface area contributed by atoms with Gasteiger partial charge in [-0.3, -0.25) is 0 Å². The highest BCUT2D eigenvalue weighted by molar-refractivity contribution is 5.46. The Labute approximate surface area is 108 Å². The number of benzene rings is 1. The van der Waals surface area contributed by atoms with Crippen LogP contribution in [0, 0.1) is 17.7 Å². The van der Waals surface area contributed by atoms with Crippen LogP contribution in [0.15, 0.2) is 18.2 Å². The third kappa shape index (κ3) is 4.77. The standard InChI is InChI=1S/C15H19FO2/c1-3-6-12(2)18-15-11-14(16)9-8-13(15)7-4-5-10-17/h8-9,11-12,17H,3,5-6,10H2,1-2H3. The number of halogens is 1. The molecular weight excluding hydrogens is 231 g/mol. The van der Waals surface area contributed by atoms with Gasteiger partial charge in [0, 0.05) is 12.5 Å². The molecule has 0 bridgehead atoms. The van der Waals surface area contributed by atoms with E-state index in [9.17, 15) is 4.39 Å². The zero-order chi connectivity index (χ0) is 13.4. The molecule has 0 saturated heterocycles. The molecule has 1 N–H and O–H groups in total. The van der Waals surface area contributed by atoms with Crippen molar-refractivity contribution in [3.8, 4) is 17.6 Å². The molecule has 0 heterocycles. The van der Waals surface area contributed by atoms with Crippen LogP contribution in [-0.4, -0.2) is 17.8 Å². The SMILES string of the molecule is CCCC(C)Oc1cc(F)ccc1C#CCCO. The molecule has 0 aliphatic rings. The average Bonchev–Trinajstić information content (AvgIpc) is 2.32. The predicted octanol–water partition coefficient (Wildman–Crippen LogP) is 3.13. The second-order valence-electron chi connectivity index (χ2n) is 4.13. The summed E-state index contributed by atoms with van der Waals surface area (Å²) in [5, 5.41) is 8.68. The number of hydrogen-bond donors (Lipinski definition) is 1. The van der Waals surface area contributed by atoms with E-state index in [1.165, 1.54) is 12.1 Å². The van der Waals surface area contributed by atoms with Crippen LogP contribution in [0.3, 0.4) is 0 Å². The topological polar surface area (TPSA) is 29.5 Å². The Balaban J connectivity index is 2.87. The van der Waals surface area contributed by atoms with E-state index < -0.39 is 0 Å². The molecule has 1 aromatic rings. The highest BCUT2D eigenvalue weighted by Crippen LogP contribution is 2.21. The van der Waals surface area contributed by atoms with E-state index >= 15 is 0 Å². The van der Waals surface area contributed by atoms with Gasteiger partial charge in [0.05, 0.1) is 18.3 Å². The second-order valence-corrected chi connectivity index (χ2v) is 4.13. The second kappa shape index (κ2) is 7.73. The van der Waals surface area contributed by atoms with Crippen LogP contribution in [0.2, 0.25) is 0 Å². The van der Waals surface area contributed by atoms with Crippen molar-refractivity contribution in [3.63, 3.8) is 0 Å². The maximum Gasteiger partial charge on any atom is 0.138 e. The minimum Gasteiger partial charge on any atom is -0.489 e. The van der Waals surface area contributed by atoms with Crippen molar-refractivity contribution < 1.29 is 14.2 Å². The summed E-state index contributed by atoms with van der Waals surface area (Å²) in [6, 6.07) is 4.32. The van der Waals surface area contributed by atoms with Gasteiger partial charge in [-0.1, -0.05) is 25.2 Å². The summed E-state index contributed by atoms with van der Waals surface area (Å²) < 4.78 is 18.9. The zero-order valence-electron chi connectivity index (χ0n) is 10.9. The molecule has 1 aromatic carbocycles. The van der Waals surface area contributed by atoms with E-state index in [4.69, 9.17) is 9.84 Å². The van der Waals surface area contributed by atoms with Gasteiger partial charge < -0.3 is 9.84 Å². The van der Waals surface area contributed by atoms with Crippen molar-refractivity contribution in [1.82, 2.24) is 0 Å². The van der Waals surface area contributed by atoms with Gasteiger partial charge in [0.15, 0.2) is 0 Å². The predicted molar refractivity (Wildman–Crippen MR) is 70.0 cm³/mol. The molecule has 0 spiro atoms. The molecule has 0 aliphatic carbocycles. The fourth-order valence-corrected chi connectivity index (χ4v) is 1.59. The minimum absolute atomic E-state index is 0.0244. The minimum atomic E-state index is -0.332. The van der Waals surface area contributed by atoms with Crippen molar-refractivity contribution in [2.45, 2.75) is 39.2 Å². The molecule has 1 atom stereocenters. The lowest BCUT2D eigenvalue weighted by atomic mass is 10.2. The lowest BCUT2D eigenvalue weighted by molar-refractivity contribution is 0.208. The van der Waals surface area contributed by atoms with Crippen LogP contribution in [0.5, 0.6) is 5.75 Å². The number of hydrogen-bond acceptors (Lipinski definition) is 2. The Morgan fingerprint density at radius 2 is 2.22 bits per heavy atom. The molecule has 2 nitrogen and oxygen atoms in total. The normalized spacial score (nSPS) is 11.6. The van der Waals surface area contributed by atoms with Crippen LogP contribution >= 0.6 is 0 Å². The first-order valence-electron chi connectivity index (χ1n) is 6.23. The van der Waals surface area contributed by atoms with Gasteiger partial charge >= 0.3 is 0 Å². The van der Waals surface area contributed by atoms with Crippen molar-refractivity contribution in [2.24, 2.45) is 0 Å². The average molecular weight is 250 g/mol.